The second-order valence-electron chi connectivity index (χ2n) is 1.82. The Morgan fingerprint density at radius 2 is 2.00 bits per heavy atom. The Balaban J connectivity index is 3.66. The van der Waals surface area contributed by atoms with Crippen molar-refractivity contribution in [2.45, 2.75) is 12.3 Å². The summed E-state index contributed by atoms with van der Waals surface area (Å²) in [5, 5.41) is 9.72. The predicted molar refractivity (Wildman–Crippen MR) is 29.4 cm³/mol. The van der Waals surface area contributed by atoms with E-state index in [2.05, 4.69) is 0 Å². The molecule has 0 heterocycles. The summed E-state index contributed by atoms with van der Waals surface area (Å²) in [5.41, 5.74) is 0. The van der Waals surface area contributed by atoms with Crippen LogP contribution in [-0.4, -0.2) is 25.4 Å². The van der Waals surface area contributed by atoms with E-state index in [1.54, 1.807) is 0 Å². The van der Waals surface area contributed by atoms with Gasteiger partial charge in [0, 0.05) is 0 Å². The van der Waals surface area contributed by atoms with E-state index in [1.165, 1.54) is 6.07 Å². The maximum absolute atomic E-state index is 11.9. The molecule has 0 bridgehead atoms. The van der Waals surface area contributed by atoms with Crippen LogP contribution < -0.4 is 5.32 Å². The quantitative estimate of drug-likeness (QED) is 0.388. The van der Waals surface area contributed by atoms with Crippen molar-refractivity contribution < 1.29 is 17.6 Å². The van der Waals surface area contributed by atoms with Crippen molar-refractivity contribution in [2.24, 2.45) is 0 Å². The largest absolute Gasteiger partial charge is 0.319 e. The van der Waals surface area contributed by atoms with Crippen LogP contribution in [0.5, 0.6) is 0 Å². The average Bonchev–Trinajstić information content (AvgIpc) is 1.88. The Bertz CT molecular complexity index is 151. The molecule has 0 saturated heterocycles. The summed E-state index contributed by atoms with van der Waals surface area (Å²) in [4.78, 5) is 0. The van der Waals surface area contributed by atoms with Crippen molar-refractivity contribution in [1.29, 1.82) is 5.26 Å². The summed E-state index contributed by atoms with van der Waals surface area (Å²) in [7, 11) is 0. The van der Waals surface area contributed by atoms with Crippen molar-refractivity contribution in [3.63, 3.8) is 0 Å². The number of alkyl halides is 4. The van der Waals surface area contributed by atoms with Crippen molar-refractivity contribution >= 4 is 0 Å². The molecular formula is C5H6F4N2. The van der Waals surface area contributed by atoms with Crippen molar-refractivity contribution in [3.05, 3.63) is 0 Å². The van der Waals surface area contributed by atoms with E-state index < -0.39 is 18.9 Å². The van der Waals surface area contributed by atoms with Gasteiger partial charge < -0.3 is 0 Å². The van der Waals surface area contributed by atoms with E-state index in [9.17, 15) is 17.6 Å². The Labute approximate surface area is 60.8 Å². The number of hydrogen-bond donors (Lipinski definition) is 1. The molecule has 11 heavy (non-hydrogen) atoms. The third-order valence-electron chi connectivity index (χ3n) is 0.884. The van der Waals surface area contributed by atoms with E-state index in [1.807, 2.05) is 5.32 Å². The van der Waals surface area contributed by atoms with Crippen LogP contribution in [0.2, 0.25) is 0 Å². The minimum atomic E-state index is -4.04. The minimum Gasteiger partial charge on any atom is -0.299 e. The first-order valence-electron chi connectivity index (χ1n) is 2.74. The summed E-state index contributed by atoms with van der Waals surface area (Å²) >= 11 is 0. The number of rotatable bonds is 4. The van der Waals surface area contributed by atoms with Crippen LogP contribution in [0.25, 0.3) is 0 Å². The zero-order chi connectivity index (χ0) is 8.91. The van der Waals surface area contributed by atoms with Gasteiger partial charge in [0.15, 0.2) is 0 Å². The topological polar surface area (TPSA) is 35.8 Å². The number of nitrogens with one attached hydrogen (secondary N) is 1. The molecule has 0 aliphatic carbocycles. The molecule has 0 rings (SSSR count). The second-order valence-corrected chi connectivity index (χ2v) is 1.82. The van der Waals surface area contributed by atoms with Crippen molar-refractivity contribution in [3.8, 4) is 6.07 Å². The summed E-state index contributed by atoms with van der Waals surface area (Å²) in [6.07, 6.45) is -3.69. The first-order valence-corrected chi connectivity index (χ1v) is 2.74. The number of nitriles is 1. The Morgan fingerprint density at radius 3 is 2.36 bits per heavy atom. The van der Waals surface area contributed by atoms with Crippen LogP contribution in [0, 0.1) is 11.3 Å². The molecule has 0 radical (unpaired) electrons. The van der Waals surface area contributed by atoms with Crippen LogP contribution in [0.1, 0.15) is 0 Å². The van der Waals surface area contributed by atoms with Gasteiger partial charge in [0.05, 0.1) is 19.2 Å². The van der Waals surface area contributed by atoms with E-state index in [-0.39, 0.29) is 6.54 Å². The van der Waals surface area contributed by atoms with Gasteiger partial charge >= 0.3 is 12.3 Å². The van der Waals surface area contributed by atoms with E-state index in [0.29, 0.717) is 0 Å². The fourth-order valence-electron chi connectivity index (χ4n) is 0.362. The molecule has 0 aliphatic rings. The summed E-state index contributed by atoms with van der Waals surface area (Å²) in [6.45, 7) is -1.53. The minimum absolute atomic E-state index is 0.359. The molecular weight excluding hydrogens is 164 g/mol. The standard InChI is InChI=1S/C5H6F4N2/c6-4(7)5(8,9)3-11-2-1-10/h4,11H,2-3H2. The average molecular weight is 170 g/mol. The van der Waals surface area contributed by atoms with Crippen LogP contribution in [-0.2, 0) is 0 Å². The van der Waals surface area contributed by atoms with E-state index >= 15 is 0 Å². The third-order valence-corrected chi connectivity index (χ3v) is 0.884. The monoisotopic (exact) mass is 170 g/mol. The molecule has 0 aromatic carbocycles. The molecule has 0 aromatic heterocycles. The van der Waals surface area contributed by atoms with Gasteiger partial charge in [0.2, 0.25) is 0 Å². The highest BCUT2D eigenvalue weighted by Gasteiger charge is 2.39. The highest BCUT2D eigenvalue weighted by Crippen LogP contribution is 2.21. The maximum atomic E-state index is 11.9. The smallest absolute Gasteiger partial charge is 0.299 e. The molecule has 0 fully saturated rings. The summed E-state index contributed by atoms with van der Waals surface area (Å²) in [5.74, 6) is -4.04. The van der Waals surface area contributed by atoms with Crippen molar-refractivity contribution in [2.75, 3.05) is 13.1 Å². The molecule has 6 heteroatoms. The van der Waals surface area contributed by atoms with Crippen LogP contribution in [0.3, 0.4) is 0 Å². The van der Waals surface area contributed by atoms with Gasteiger partial charge in [0.1, 0.15) is 0 Å². The molecule has 0 spiro atoms. The third kappa shape index (κ3) is 3.78. The lowest BCUT2D eigenvalue weighted by atomic mass is 10.3. The Hall–Kier alpha value is -0.830. The summed E-state index contributed by atoms with van der Waals surface area (Å²) < 4.78 is 46.6. The van der Waals surface area contributed by atoms with Gasteiger partial charge in [-0.25, -0.2) is 8.78 Å². The number of hydrogen-bond acceptors (Lipinski definition) is 2. The van der Waals surface area contributed by atoms with Gasteiger partial charge in [0.25, 0.3) is 0 Å². The molecule has 0 atom stereocenters. The first-order chi connectivity index (χ1) is 5.00. The first kappa shape index (κ1) is 10.2. The van der Waals surface area contributed by atoms with Gasteiger partial charge in [-0.15, -0.1) is 0 Å². The Kier molecular flexibility index (Phi) is 3.82. The second kappa shape index (κ2) is 4.13. The van der Waals surface area contributed by atoms with Crippen molar-refractivity contribution in [1.82, 2.24) is 5.32 Å². The maximum Gasteiger partial charge on any atom is 0.319 e. The summed E-state index contributed by atoms with van der Waals surface area (Å²) in [6, 6.07) is 1.49. The molecule has 0 unspecified atom stereocenters. The zero-order valence-electron chi connectivity index (χ0n) is 5.45. The lowest BCUT2D eigenvalue weighted by Crippen LogP contribution is -2.38. The zero-order valence-corrected chi connectivity index (χ0v) is 5.45. The number of nitrogens with zero attached hydrogens (tertiary/aromatic N) is 1. The highest BCUT2D eigenvalue weighted by molar-refractivity contribution is 4.78. The molecule has 0 aromatic rings. The normalized spacial score (nSPS) is 11.6. The molecule has 1 N–H and O–H groups in total. The van der Waals surface area contributed by atoms with Crippen LogP contribution >= 0.6 is 0 Å². The van der Waals surface area contributed by atoms with Gasteiger partial charge in [-0.1, -0.05) is 0 Å². The molecule has 0 saturated carbocycles. The van der Waals surface area contributed by atoms with Gasteiger partial charge in [-0.2, -0.15) is 14.0 Å². The molecule has 64 valence electrons. The number of halogens is 4. The molecule has 2 nitrogen and oxygen atoms in total. The van der Waals surface area contributed by atoms with Gasteiger partial charge in [-0.3, -0.25) is 5.32 Å². The van der Waals surface area contributed by atoms with Crippen LogP contribution in [0.15, 0.2) is 0 Å². The van der Waals surface area contributed by atoms with Gasteiger partial charge in [-0.05, 0) is 0 Å². The van der Waals surface area contributed by atoms with Crippen LogP contribution in [0.4, 0.5) is 17.6 Å². The fourth-order valence-corrected chi connectivity index (χ4v) is 0.362. The lowest BCUT2D eigenvalue weighted by Gasteiger charge is -2.13. The SMILES string of the molecule is N#CCNCC(F)(F)C(F)F. The predicted octanol–water partition coefficient (Wildman–Crippen LogP) is 1.000. The highest BCUT2D eigenvalue weighted by atomic mass is 19.3. The Morgan fingerprint density at radius 1 is 1.45 bits per heavy atom. The molecule has 0 amide bonds. The lowest BCUT2D eigenvalue weighted by molar-refractivity contribution is -0.124. The molecule has 0 aliphatic heterocycles. The van der Waals surface area contributed by atoms with E-state index in [4.69, 9.17) is 5.26 Å². The fraction of sp³-hybridized carbons (Fsp3) is 0.800. The van der Waals surface area contributed by atoms with E-state index in [0.717, 1.165) is 0 Å².